The molecule has 0 amide bonds. The average molecular weight is 485 g/mol. The molecule has 1 aliphatic heterocycles. The summed E-state index contributed by atoms with van der Waals surface area (Å²) in [5, 5.41) is -0.292. The van der Waals surface area contributed by atoms with E-state index >= 15 is 4.39 Å². The summed E-state index contributed by atoms with van der Waals surface area (Å²) >= 11 is 4.36. The lowest BCUT2D eigenvalue weighted by Gasteiger charge is -2.56. The number of allylic oxidation sites excluding steroid dienone is 2. The number of hydrogen-bond acceptors (Lipinski definition) is 5. The molecular formula is C27H29FO5S. The van der Waals surface area contributed by atoms with Crippen LogP contribution in [0.5, 0.6) is 0 Å². The van der Waals surface area contributed by atoms with E-state index in [4.69, 9.17) is 9.15 Å². The summed E-state index contributed by atoms with van der Waals surface area (Å²) in [7, 11) is 0. The van der Waals surface area contributed by atoms with Crippen LogP contribution in [0, 0.1) is 34.0 Å². The summed E-state index contributed by atoms with van der Waals surface area (Å²) in [4.78, 5) is 38.6. The summed E-state index contributed by atoms with van der Waals surface area (Å²) in [5.41, 5.74) is -2.27. The first-order valence-electron chi connectivity index (χ1n) is 12.1. The number of epoxide rings is 1. The van der Waals surface area contributed by atoms with Crippen LogP contribution in [0.4, 0.5) is 4.39 Å². The number of furan rings is 1. The van der Waals surface area contributed by atoms with E-state index in [0.29, 0.717) is 18.4 Å². The lowest BCUT2D eigenvalue weighted by Crippen LogP contribution is -2.59. The number of carbonyl (C=O) groups is 3. The van der Waals surface area contributed by atoms with Crippen LogP contribution in [0.3, 0.4) is 0 Å². The number of ketones is 2. The fraction of sp³-hybridized carbons (Fsp3) is 0.593. The first-order chi connectivity index (χ1) is 16.0. The molecule has 4 aliphatic carbocycles. The molecule has 5 nitrogen and oxygen atoms in total. The quantitative estimate of drug-likeness (QED) is 0.358. The van der Waals surface area contributed by atoms with E-state index in [1.54, 1.807) is 18.2 Å². The van der Waals surface area contributed by atoms with E-state index in [2.05, 4.69) is 19.6 Å². The van der Waals surface area contributed by atoms with Crippen molar-refractivity contribution in [1.29, 1.82) is 0 Å². The van der Waals surface area contributed by atoms with Crippen molar-refractivity contribution in [3.63, 3.8) is 0 Å². The summed E-state index contributed by atoms with van der Waals surface area (Å²) in [5.74, 6) is -0.542. The number of rotatable bonds is 4. The maximum Gasteiger partial charge on any atom is 0.199 e. The molecule has 0 N–H and O–H groups in total. The maximum absolute atomic E-state index is 15.6. The second-order valence-corrected chi connectivity index (χ2v) is 11.9. The smallest absolute Gasteiger partial charge is 0.199 e. The fourth-order valence-electron chi connectivity index (χ4n) is 8.74. The first kappa shape index (κ1) is 22.5. The van der Waals surface area contributed by atoms with Gasteiger partial charge >= 0.3 is 0 Å². The van der Waals surface area contributed by atoms with Crippen LogP contribution in [-0.2, 0) is 14.3 Å². The number of Topliss-reactive ketones (excluding diaryl/α,β-unsaturated/α-hetero) is 1. The van der Waals surface area contributed by atoms with E-state index in [1.807, 2.05) is 19.9 Å². The van der Waals surface area contributed by atoms with Crippen LogP contribution in [0.2, 0.25) is 0 Å². The Balaban J connectivity index is 1.45. The zero-order valence-corrected chi connectivity index (χ0v) is 20.5. The molecule has 0 bridgehead atoms. The highest BCUT2D eigenvalue weighted by atomic mass is 32.1. The fourth-order valence-corrected chi connectivity index (χ4v) is 9.29. The Morgan fingerprint density at radius 3 is 2.71 bits per heavy atom. The molecule has 2 unspecified atom stereocenters. The number of halogens is 1. The topological polar surface area (TPSA) is 76.9 Å². The normalized spacial score (nSPS) is 46.4. The Morgan fingerprint density at radius 2 is 2.03 bits per heavy atom. The van der Waals surface area contributed by atoms with Crippen molar-refractivity contribution in [2.75, 3.05) is 0 Å². The van der Waals surface area contributed by atoms with Crippen LogP contribution >= 0.6 is 12.6 Å². The number of thiol groups is 1. The highest BCUT2D eigenvalue weighted by Crippen LogP contribution is 2.79. The number of carbonyl (C=O) groups excluding carboxylic acids is 3. The third-order valence-corrected chi connectivity index (χ3v) is 10.8. The summed E-state index contributed by atoms with van der Waals surface area (Å²) in [6, 6.07) is 3.28. The molecule has 1 aromatic rings. The standard InChI is InChI=1S/C27H29FO5S/c1-14-9-16-17-11-19(28)18-10-15(29)6-7-24(18,2)27(17)22(33-27)13-25(16,3)26(14,23(31)34)12-20(30)21-5-4-8-32-21/h4-8,14,16-17,22H,9-13H2,1-3H3,(H,31,34)/t14-,16?,17?,22+,24+,25+,26-,27-/m1/s1. The van der Waals surface area contributed by atoms with Gasteiger partial charge in [0.1, 0.15) is 11.4 Å². The van der Waals surface area contributed by atoms with Crippen molar-refractivity contribution >= 4 is 29.3 Å². The third kappa shape index (κ3) is 2.43. The minimum absolute atomic E-state index is 0.0126. The van der Waals surface area contributed by atoms with Gasteiger partial charge in [-0.15, -0.1) is 12.6 Å². The van der Waals surface area contributed by atoms with E-state index in [1.165, 1.54) is 6.26 Å². The molecule has 180 valence electrons. The Bertz CT molecular complexity index is 1190. The van der Waals surface area contributed by atoms with Crippen molar-refractivity contribution < 1.29 is 27.9 Å². The molecule has 0 radical (unpaired) electrons. The molecule has 1 saturated heterocycles. The van der Waals surface area contributed by atoms with Gasteiger partial charge in [-0.3, -0.25) is 14.4 Å². The van der Waals surface area contributed by atoms with Gasteiger partial charge in [0.25, 0.3) is 0 Å². The Labute approximate surface area is 203 Å². The van der Waals surface area contributed by atoms with Gasteiger partial charge in [-0.1, -0.05) is 19.9 Å². The highest BCUT2D eigenvalue weighted by Gasteiger charge is 2.82. The zero-order valence-electron chi connectivity index (χ0n) is 19.6. The van der Waals surface area contributed by atoms with E-state index in [-0.39, 0.29) is 71.4 Å². The van der Waals surface area contributed by atoms with Gasteiger partial charge in [0, 0.05) is 30.6 Å². The summed E-state index contributed by atoms with van der Waals surface area (Å²) in [6.45, 7) is 6.10. The number of ether oxygens (including phenoxy) is 1. The molecule has 3 fully saturated rings. The molecule has 5 aliphatic rings. The lowest BCUT2D eigenvalue weighted by atomic mass is 9.45. The molecule has 34 heavy (non-hydrogen) atoms. The predicted octanol–water partition coefficient (Wildman–Crippen LogP) is 5.28. The number of hydrogen-bond donors (Lipinski definition) is 1. The Hall–Kier alpha value is -1.99. The van der Waals surface area contributed by atoms with Gasteiger partial charge in [0.15, 0.2) is 22.4 Å². The monoisotopic (exact) mass is 484 g/mol. The van der Waals surface area contributed by atoms with E-state index in [0.717, 1.165) is 0 Å². The minimum Gasteiger partial charge on any atom is -0.461 e. The van der Waals surface area contributed by atoms with Crippen LogP contribution < -0.4 is 0 Å². The first-order valence-corrected chi connectivity index (χ1v) is 12.5. The molecule has 8 atom stereocenters. The number of fused-ring (bicyclic) bond motifs is 3. The Morgan fingerprint density at radius 1 is 1.26 bits per heavy atom. The average Bonchev–Trinajstić information content (AvgIpc) is 3.15. The van der Waals surface area contributed by atoms with Crippen LogP contribution in [-0.4, -0.2) is 28.4 Å². The van der Waals surface area contributed by atoms with Crippen LogP contribution in [0.25, 0.3) is 0 Å². The second-order valence-electron chi connectivity index (χ2n) is 11.5. The molecule has 2 heterocycles. The molecule has 1 spiro atoms. The SMILES string of the molecule is C[C@@H]1CC2C3CC(F)=C4CC(=O)C=C[C@]4(C)[C@@]34O[C@H]4C[C@]2(C)[C@@]1(CC(=O)c1ccco1)C(=O)S. The zero-order chi connectivity index (χ0) is 24.3. The molecule has 6 rings (SSSR count). The molecule has 0 aromatic carbocycles. The van der Waals surface area contributed by atoms with Gasteiger partial charge in [0.05, 0.1) is 17.8 Å². The lowest BCUT2D eigenvalue weighted by molar-refractivity contribution is -0.132. The summed E-state index contributed by atoms with van der Waals surface area (Å²) < 4.78 is 27.5. The van der Waals surface area contributed by atoms with E-state index < -0.39 is 21.8 Å². The van der Waals surface area contributed by atoms with Crippen molar-refractivity contribution in [1.82, 2.24) is 0 Å². The molecule has 7 heteroatoms. The van der Waals surface area contributed by atoms with Crippen molar-refractivity contribution in [3.8, 4) is 0 Å². The van der Waals surface area contributed by atoms with Crippen molar-refractivity contribution in [2.45, 2.75) is 64.6 Å². The van der Waals surface area contributed by atoms with Gasteiger partial charge < -0.3 is 9.15 Å². The largest absolute Gasteiger partial charge is 0.461 e. The van der Waals surface area contributed by atoms with Crippen LogP contribution in [0.1, 0.15) is 63.4 Å². The molecule has 1 aromatic heterocycles. The maximum atomic E-state index is 15.6. The van der Waals surface area contributed by atoms with Gasteiger partial charge in [-0.05, 0) is 60.8 Å². The Kier molecular flexibility index (Phi) is 4.51. The minimum atomic E-state index is -0.998. The van der Waals surface area contributed by atoms with Gasteiger partial charge in [-0.25, -0.2) is 4.39 Å². The molecular weight excluding hydrogens is 455 g/mol. The van der Waals surface area contributed by atoms with Gasteiger partial charge in [-0.2, -0.15) is 0 Å². The summed E-state index contributed by atoms with van der Waals surface area (Å²) in [6.07, 6.45) is 6.31. The highest BCUT2D eigenvalue weighted by molar-refractivity contribution is 7.96. The van der Waals surface area contributed by atoms with E-state index in [9.17, 15) is 14.4 Å². The van der Waals surface area contributed by atoms with Crippen LogP contribution in [0.15, 0.2) is 46.4 Å². The predicted molar refractivity (Wildman–Crippen MR) is 125 cm³/mol. The third-order valence-electron chi connectivity index (χ3n) is 10.4. The van der Waals surface area contributed by atoms with Crippen molar-refractivity contribution in [2.24, 2.45) is 34.0 Å². The van der Waals surface area contributed by atoms with Gasteiger partial charge in [0.2, 0.25) is 0 Å². The second kappa shape index (κ2) is 6.82. The molecule has 2 saturated carbocycles. The van der Waals surface area contributed by atoms with Crippen molar-refractivity contribution in [3.05, 3.63) is 47.7 Å².